The summed E-state index contributed by atoms with van der Waals surface area (Å²) in [6.45, 7) is 4.11. The number of carbonyl (C=O) groups is 2. The molecule has 0 aliphatic carbocycles. The maximum atomic E-state index is 12.2. The molecule has 5 nitrogen and oxygen atoms in total. The van der Waals surface area contributed by atoms with Crippen LogP contribution in [0.15, 0.2) is 36.5 Å². The average molecular weight is 703 g/mol. The van der Waals surface area contributed by atoms with Crippen LogP contribution < -0.4 is 0 Å². The second-order valence-corrected chi connectivity index (χ2v) is 14.4. The van der Waals surface area contributed by atoms with Crippen LogP contribution in [0.1, 0.15) is 219 Å². The molecule has 0 aliphatic heterocycles. The van der Waals surface area contributed by atoms with E-state index in [1.54, 1.807) is 0 Å². The molecular formula is C45H82O5. The van der Waals surface area contributed by atoms with Crippen molar-refractivity contribution in [2.24, 2.45) is 0 Å². The summed E-state index contributed by atoms with van der Waals surface area (Å²) in [5, 5.41) is 9.58. The highest BCUT2D eigenvalue weighted by Crippen LogP contribution is 2.14. The maximum Gasteiger partial charge on any atom is 0.306 e. The molecule has 1 atom stereocenters. The van der Waals surface area contributed by atoms with E-state index >= 15 is 0 Å². The molecule has 0 fully saturated rings. The van der Waals surface area contributed by atoms with Crippen molar-refractivity contribution in [2.75, 3.05) is 13.2 Å². The zero-order valence-corrected chi connectivity index (χ0v) is 33.2. The van der Waals surface area contributed by atoms with Crippen LogP contribution in [0.2, 0.25) is 0 Å². The van der Waals surface area contributed by atoms with E-state index < -0.39 is 6.10 Å². The third kappa shape index (κ3) is 38.9. The first-order chi connectivity index (χ1) is 24.6. The summed E-state index contributed by atoms with van der Waals surface area (Å²) in [5.41, 5.74) is 0. The third-order valence-corrected chi connectivity index (χ3v) is 9.41. The first-order valence-corrected chi connectivity index (χ1v) is 21.5. The summed E-state index contributed by atoms with van der Waals surface area (Å²) in [6.07, 6.45) is 50.6. The number of hydrogen-bond acceptors (Lipinski definition) is 5. The number of carbonyl (C=O) groups excluding carboxylic acids is 2. The summed E-state index contributed by atoms with van der Waals surface area (Å²) < 4.78 is 10.6. The highest BCUT2D eigenvalue weighted by molar-refractivity contribution is 5.70. The average Bonchev–Trinajstić information content (AvgIpc) is 3.12. The van der Waals surface area contributed by atoms with Gasteiger partial charge in [-0.25, -0.2) is 0 Å². The Morgan fingerprint density at radius 1 is 0.460 bits per heavy atom. The van der Waals surface area contributed by atoms with Gasteiger partial charge >= 0.3 is 11.9 Å². The Labute approximate surface area is 310 Å². The second-order valence-electron chi connectivity index (χ2n) is 14.4. The fraction of sp³-hybridized carbons (Fsp3) is 0.822. The smallest absolute Gasteiger partial charge is 0.306 e. The Kier molecular flexibility index (Phi) is 40.0. The van der Waals surface area contributed by atoms with E-state index in [4.69, 9.17) is 9.47 Å². The van der Waals surface area contributed by atoms with Gasteiger partial charge in [0.1, 0.15) is 6.61 Å². The molecule has 0 spiro atoms. The topological polar surface area (TPSA) is 72.8 Å². The fourth-order valence-electron chi connectivity index (χ4n) is 6.11. The Hall–Kier alpha value is -1.88. The van der Waals surface area contributed by atoms with Crippen LogP contribution in [-0.2, 0) is 19.1 Å². The van der Waals surface area contributed by atoms with Crippen molar-refractivity contribution in [3.8, 4) is 0 Å². The largest absolute Gasteiger partial charge is 0.462 e. The summed E-state index contributed by atoms with van der Waals surface area (Å²) in [5.74, 6) is -0.595. The quantitative estimate of drug-likeness (QED) is 0.0392. The van der Waals surface area contributed by atoms with E-state index in [2.05, 4.69) is 50.3 Å². The van der Waals surface area contributed by atoms with E-state index in [1.807, 2.05) is 0 Å². The Bertz CT molecular complexity index is 801. The Morgan fingerprint density at radius 3 is 1.24 bits per heavy atom. The monoisotopic (exact) mass is 703 g/mol. The highest BCUT2D eigenvalue weighted by atomic mass is 16.6. The normalized spacial score (nSPS) is 12.5. The van der Waals surface area contributed by atoms with Crippen molar-refractivity contribution in [2.45, 2.75) is 225 Å². The second kappa shape index (κ2) is 41.5. The van der Waals surface area contributed by atoms with E-state index in [0.29, 0.717) is 12.8 Å². The van der Waals surface area contributed by atoms with Crippen molar-refractivity contribution in [3.63, 3.8) is 0 Å². The van der Waals surface area contributed by atoms with Crippen LogP contribution in [0.4, 0.5) is 0 Å². The van der Waals surface area contributed by atoms with E-state index in [0.717, 1.165) is 44.9 Å². The minimum absolute atomic E-state index is 0.0682. The molecule has 50 heavy (non-hydrogen) atoms. The SMILES string of the molecule is CCCCC/C=C/C/C=C/CCCCCCCCCCCC(=O)O[C@@H](CO)COC(=O)CCCCCCCCC/C=C/CCCCCCCC. The molecule has 0 bridgehead atoms. The molecule has 5 heteroatoms. The molecule has 0 aliphatic rings. The van der Waals surface area contributed by atoms with Gasteiger partial charge in [0, 0.05) is 12.8 Å². The van der Waals surface area contributed by atoms with Crippen molar-refractivity contribution < 1.29 is 24.2 Å². The predicted octanol–water partition coefficient (Wildman–Crippen LogP) is 13.6. The van der Waals surface area contributed by atoms with Crippen LogP contribution >= 0.6 is 0 Å². The molecule has 292 valence electrons. The fourth-order valence-corrected chi connectivity index (χ4v) is 6.11. The summed E-state index contributed by atoms with van der Waals surface area (Å²) in [4.78, 5) is 24.3. The van der Waals surface area contributed by atoms with E-state index in [9.17, 15) is 14.7 Å². The lowest BCUT2D eigenvalue weighted by Crippen LogP contribution is -2.28. The lowest BCUT2D eigenvalue weighted by Gasteiger charge is -2.15. The third-order valence-electron chi connectivity index (χ3n) is 9.41. The molecule has 0 aromatic rings. The summed E-state index contributed by atoms with van der Waals surface area (Å²) in [6, 6.07) is 0. The van der Waals surface area contributed by atoms with Crippen LogP contribution in [0.5, 0.6) is 0 Å². The molecule has 0 amide bonds. The zero-order valence-electron chi connectivity index (χ0n) is 33.2. The predicted molar refractivity (Wildman–Crippen MR) is 214 cm³/mol. The number of unbranched alkanes of at least 4 members (excludes halogenated alkanes) is 25. The van der Waals surface area contributed by atoms with Crippen LogP contribution in [0, 0.1) is 0 Å². The minimum Gasteiger partial charge on any atom is -0.462 e. The number of rotatable bonds is 39. The van der Waals surface area contributed by atoms with Crippen molar-refractivity contribution >= 4 is 11.9 Å². The molecule has 0 radical (unpaired) electrons. The van der Waals surface area contributed by atoms with Gasteiger partial charge in [0.2, 0.25) is 0 Å². The molecule has 0 aromatic heterocycles. The molecule has 0 rings (SSSR count). The van der Waals surface area contributed by atoms with Crippen LogP contribution in [-0.4, -0.2) is 36.4 Å². The number of allylic oxidation sites excluding steroid dienone is 6. The van der Waals surface area contributed by atoms with E-state index in [1.165, 1.54) is 148 Å². The van der Waals surface area contributed by atoms with E-state index in [-0.39, 0.29) is 25.2 Å². The Balaban J connectivity index is 3.54. The van der Waals surface area contributed by atoms with Gasteiger partial charge in [-0.05, 0) is 70.6 Å². The summed E-state index contributed by atoms with van der Waals surface area (Å²) >= 11 is 0. The first kappa shape index (κ1) is 48.1. The van der Waals surface area contributed by atoms with Crippen molar-refractivity contribution in [3.05, 3.63) is 36.5 Å². The van der Waals surface area contributed by atoms with Gasteiger partial charge in [-0.2, -0.15) is 0 Å². The van der Waals surface area contributed by atoms with Gasteiger partial charge < -0.3 is 14.6 Å². The van der Waals surface area contributed by atoms with Crippen molar-refractivity contribution in [1.82, 2.24) is 0 Å². The maximum absolute atomic E-state index is 12.2. The lowest BCUT2D eigenvalue weighted by atomic mass is 10.1. The minimum atomic E-state index is -0.774. The number of aliphatic hydroxyl groups excluding tert-OH is 1. The van der Waals surface area contributed by atoms with Gasteiger partial charge in [-0.15, -0.1) is 0 Å². The van der Waals surface area contributed by atoms with Gasteiger partial charge in [-0.3, -0.25) is 9.59 Å². The molecular weight excluding hydrogens is 620 g/mol. The number of aliphatic hydroxyl groups is 1. The number of hydrogen-bond donors (Lipinski definition) is 1. The van der Waals surface area contributed by atoms with Gasteiger partial charge in [-0.1, -0.05) is 172 Å². The molecule has 0 heterocycles. The van der Waals surface area contributed by atoms with Crippen LogP contribution in [0.25, 0.3) is 0 Å². The zero-order chi connectivity index (χ0) is 36.4. The van der Waals surface area contributed by atoms with Crippen molar-refractivity contribution in [1.29, 1.82) is 0 Å². The Morgan fingerprint density at radius 2 is 0.800 bits per heavy atom. The lowest BCUT2D eigenvalue weighted by molar-refractivity contribution is -0.161. The molecule has 0 unspecified atom stereocenters. The van der Waals surface area contributed by atoms with Gasteiger partial charge in [0.15, 0.2) is 6.10 Å². The first-order valence-electron chi connectivity index (χ1n) is 21.5. The highest BCUT2D eigenvalue weighted by Gasteiger charge is 2.16. The molecule has 1 N–H and O–H groups in total. The van der Waals surface area contributed by atoms with Gasteiger partial charge in [0.05, 0.1) is 6.61 Å². The number of esters is 2. The molecule has 0 saturated carbocycles. The van der Waals surface area contributed by atoms with Gasteiger partial charge in [0.25, 0.3) is 0 Å². The molecule has 0 saturated heterocycles. The van der Waals surface area contributed by atoms with Crippen LogP contribution in [0.3, 0.4) is 0 Å². The number of ether oxygens (including phenoxy) is 2. The standard InChI is InChI=1S/C45H82O5/c1-3-5-7-9-11-13-15-17-19-21-22-24-26-28-30-32-34-36-38-40-45(48)50-43(41-46)42-49-44(47)39-37-35-33-31-29-27-25-23-20-18-16-14-12-10-8-6-4-2/h11,13,17-20,43,46H,3-10,12,14-16,21-42H2,1-2H3/b13-11+,19-17+,20-18+/t43-/m0/s1. The summed E-state index contributed by atoms with van der Waals surface area (Å²) in [7, 11) is 0. The molecule has 0 aromatic carbocycles.